The van der Waals surface area contributed by atoms with Crippen LogP contribution in [0.1, 0.15) is 62.2 Å². The summed E-state index contributed by atoms with van der Waals surface area (Å²) < 4.78 is 11.0. The second-order valence-corrected chi connectivity index (χ2v) is 10.4. The number of benzene rings is 2. The highest BCUT2D eigenvalue weighted by atomic mass is 16.5. The monoisotopic (exact) mass is 536 g/mol. The number of rotatable bonds is 13. The number of para-hydroxylation sites is 2. The minimum absolute atomic E-state index is 0.0168. The van der Waals surface area contributed by atoms with Crippen molar-refractivity contribution >= 4 is 28.9 Å². The molecule has 2 aromatic rings. The summed E-state index contributed by atoms with van der Waals surface area (Å²) in [6.45, 7) is 6.97. The molecule has 1 aliphatic heterocycles. The van der Waals surface area contributed by atoms with Crippen LogP contribution in [0.3, 0.4) is 0 Å². The first kappa shape index (κ1) is 28.7. The van der Waals surface area contributed by atoms with Crippen LogP contribution < -0.4 is 25.2 Å². The van der Waals surface area contributed by atoms with E-state index < -0.39 is 0 Å². The first-order valence-electron chi connectivity index (χ1n) is 14.5. The molecular formula is C31H44N4O4. The molecule has 0 atom stereocenters. The first-order chi connectivity index (χ1) is 19.1. The number of nitrogens with one attached hydrogen (secondary N) is 2. The third-order valence-electron chi connectivity index (χ3n) is 7.78. The van der Waals surface area contributed by atoms with Crippen molar-refractivity contribution in [3.05, 3.63) is 48.0 Å². The Morgan fingerprint density at radius 2 is 1.69 bits per heavy atom. The van der Waals surface area contributed by atoms with Gasteiger partial charge in [0.1, 0.15) is 5.75 Å². The maximum atomic E-state index is 13.3. The number of piperazine rings is 1. The van der Waals surface area contributed by atoms with E-state index in [1.54, 1.807) is 7.11 Å². The van der Waals surface area contributed by atoms with Crippen molar-refractivity contribution in [1.82, 2.24) is 5.32 Å². The van der Waals surface area contributed by atoms with Crippen LogP contribution in [0, 0.1) is 5.92 Å². The number of hydrogen-bond donors (Lipinski definition) is 2. The Hall–Kier alpha value is -3.26. The molecule has 0 spiro atoms. The van der Waals surface area contributed by atoms with Crippen molar-refractivity contribution in [3.63, 3.8) is 0 Å². The SMILES string of the molecule is CCOCCCNC(=O)c1cc(NC(=O)CCC2CCCC2)ccc1N1CCN(c2ccccc2OC)CC1. The maximum absolute atomic E-state index is 13.3. The zero-order chi connectivity index (χ0) is 27.5. The molecule has 2 fully saturated rings. The molecule has 0 unspecified atom stereocenters. The minimum atomic E-state index is -0.129. The van der Waals surface area contributed by atoms with Crippen molar-refractivity contribution in [2.24, 2.45) is 5.92 Å². The molecule has 4 rings (SSSR count). The summed E-state index contributed by atoms with van der Waals surface area (Å²) in [5.41, 5.74) is 3.23. The van der Waals surface area contributed by atoms with Crippen molar-refractivity contribution in [2.75, 3.05) is 68.2 Å². The Bertz CT molecular complexity index is 1080. The van der Waals surface area contributed by atoms with Crippen molar-refractivity contribution in [2.45, 2.75) is 51.9 Å². The van der Waals surface area contributed by atoms with Crippen LogP contribution in [-0.4, -0.2) is 64.9 Å². The fourth-order valence-corrected chi connectivity index (χ4v) is 5.62. The van der Waals surface area contributed by atoms with E-state index >= 15 is 0 Å². The number of ether oxygens (including phenoxy) is 2. The van der Waals surface area contributed by atoms with Gasteiger partial charge < -0.3 is 29.9 Å². The Kier molecular flexibility index (Phi) is 10.9. The molecular weight excluding hydrogens is 492 g/mol. The predicted molar refractivity (Wildman–Crippen MR) is 157 cm³/mol. The maximum Gasteiger partial charge on any atom is 0.253 e. The quantitative estimate of drug-likeness (QED) is 0.347. The zero-order valence-electron chi connectivity index (χ0n) is 23.5. The van der Waals surface area contributed by atoms with Gasteiger partial charge in [0.2, 0.25) is 5.91 Å². The van der Waals surface area contributed by atoms with E-state index in [-0.39, 0.29) is 11.8 Å². The van der Waals surface area contributed by atoms with Crippen LogP contribution >= 0.6 is 0 Å². The lowest BCUT2D eigenvalue weighted by Gasteiger charge is -2.38. The molecule has 2 N–H and O–H groups in total. The molecule has 1 aliphatic carbocycles. The molecule has 2 aromatic carbocycles. The summed E-state index contributed by atoms with van der Waals surface area (Å²) in [5.74, 6) is 1.43. The minimum Gasteiger partial charge on any atom is -0.495 e. The van der Waals surface area contributed by atoms with Crippen LogP contribution in [-0.2, 0) is 9.53 Å². The molecule has 0 aromatic heterocycles. The topological polar surface area (TPSA) is 83.1 Å². The normalized spacial score (nSPS) is 15.8. The molecule has 2 aliphatic rings. The molecule has 1 saturated heterocycles. The third kappa shape index (κ3) is 8.12. The third-order valence-corrected chi connectivity index (χ3v) is 7.78. The molecule has 39 heavy (non-hydrogen) atoms. The largest absolute Gasteiger partial charge is 0.495 e. The molecule has 0 radical (unpaired) electrons. The fourth-order valence-electron chi connectivity index (χ4n) is 5.62. The predicted octanol–water partition coefficient (Wildman–Crippen LogP) is 5.09. The molecule has 0 bridgehead atoms. The number of methoxy groups -OCH3 is 1. The van der Waals surface area contributed by atoms with Crippen LogP contribution in [0.4, 0.5) is 17.1 Å². The molecule has 8 nitrogen and oxygen atoms in total. The first-order valence-corrected chi connectivity index (χ1v) is 14.5. The number of nitrogens with zero attached hydrogens (tertiary/aromatic N) is 2. The lowest BCUT2D eigenvalue weighted by molar-refractivity contribution is -0.116. The summed E-state index contributed by atoms with van der Waals surface area (Å²) in [7, 11) is 1.70. The summed E-state index contributed by atoms with van der Waals surface area (Å²) >= 11 is 0. The standard InChI is InChI=1S/C31H44N4O4/c1-3-39-22-8-17-32-31(37)26-23-25(33-30(36)16-13-24-9-4-5-10-24)14-15-27(26)34-18-20-35(21-19-34)28-11-6-7-12-29(28)38-2/h6-7,11-12,14-15,23-24H,3-5,8-10,13,16-22H2,1-2H3,(H,32,37)(H,33,36). The van der Waals surface area contributed by atoms with Gasteiger partial charge in [-0.25, -0.2) is 0 Å². The van der Waals surface area contributed by atoms with Gasteiger partial charge in [-0.05, 0) is 56.0 Å². The van der Waals surface area contributed by atoms with Crippen molar-refractivity contribution in [1.29, 1.82) is 0 Å². The highest BCUT2D eigenvalue weighted by molar-refractivity contribution is 6.02. The van der Waals surface area contributed by atoms with E-state index in [0.717, 1.165) is 56.1 Å². The Morgan fingerprint density at radius 1 is 0.974 bits per heavy atom. The number of carbonyl (C=O) groups is 2. The van der Waals surface area contributed by atoms with Crippen LogP contribution in [0.15, 0.2) is 42.5 Å². The zero-order valence-corrected chi connectivity index (χ0v) is 23.5. The van der Waals surface area contributed by atoms with Gasteiger partial charge >= 0.3 is 0 Å². The lowest BCUT2D eigenvalue weighted by atomic mass is 10.0. The van der Waals surface area contributed by atoms with Crippen molar-refractivity contribution < 1.29 is 19.1 Å². The Labute approximate surface area is 233 Å². The van der Waals surface area contributed by atoms with Crippen LogP contribution in [0.5, 0.6) is 5.75 Å². The number of hydrogen-bond acceptors (Lipinski definition) is 6. The van der Waals surface area contributed by atoms with Gasteiger partial charge in [-0.3, -0.25) is 9.59 Å². The molecule has 8 heteroatoms. The Balaban J connectivity index is 1.43. The fraction of sp³-hybridized carbons (Fsp3) is 0.548. The van der Waals surface area contributed by atoms with Crippen molar-refractivity contribution in [3.8, 4) is 5.75 Å². The second kappa shape index (κ2) is 14.8. The highest BCUT2D eigenvalue weighted by Crippen LogP contribution is 2.31. The summed E-state index contributed by atoms with van der Waals surface area (Å²) in [6.07, 6.45) is 7.25. The number of anilines is 3. The molecule has 1 saturated carbocycles. The van der Waals surface area contributed by atoms with E-state index in [9.17, 15) is 9.59 Å². The second-order valence-electron chi connectivity index (χ2n) is 10.4. The molecule has 2 amide bonds. The summed E-state index contributed by atoms with van der Waals surface area (Å²) in [4.78, 5) is 30.6. The van der Waals surface area contributed by atoms with Gasteiger partial charge in [-0.1, -0.05) is 37.8 Å². The van der Waals surface area contributed by atoms with E-state index in [1.807, 2.05) is 43.3 Å². The van der Waals surface area contributed by atoms with Crippen LogP contribution in [0.25, 0.3) is 0 Å². The number of amides is 2. The van der Waals surface area contributed by atoms with Crippen LogP contribution in [0.2, 0.25) is 0 Å². The van der Waals surface area contributed by atoms with Gasteiger partial charge in [0.15, 0.2) is 0 Å². The van der Waals surface area contributed by atoms with E-state index in [0.29, 0.717) is 43.3 Å². The van der Waals surface area contributed by atoms with Gasteiger partial charge in [0.05, 0.1) is 18.4 Å². The molecule has 1 heterocycles. The average Bonchev–Trinajstić information content (AvgIpc) is 3.50. The smallest absolute Gasteiger partial charge is 0.253 e. The summed E-state index contributed by atoms with van der Waals surface area (Å²) in [6, 6.07) is 13.8. The Morgan fingerprint density at radius 3 is 2.41 bits per heavy atom. The van der Waals surface area contributed by atoms with Gasteiger partial charge in [0, 0.05) is 63.7 Å². The summed E-state index contributed by atoms with van der Waals surface area (Å²) in [5, 5.41) is 6.08. The van der Waals surface area contributed by atoms with E-state index in [2.05, 4.69) is 26.5 Å². The van der Waals surface area contributed by atoms with Gasteiger partial charge in [0.25, 0.3) is 5.91 Å². The van der Waals surface area contributed by atoms with Gasteiger partial charge in [-0.15, -0.1) is 0 Å². The highest BCUT2D eigenvalue weighted by Gasteiger charge is 2.24. The number of carbonyl (C=O) groups excluding carboxylic acids is 2. The van der Waals surface area contributed by atoms with Gasteiger partial charge in [-0.2, -0.15) is 0 Å². The van der Waals surface area contributed by atoms with E-state index in [4.69, 9.17) is 9.47 Å². The molecule has 212 valence electrons. The van der Waals surface area contributed by atoms with E-state index in [1.165, 1.54) is 25.7 Å². The average molecular weight is 537 g/mol. The lowest BCUT2D eigenvalue weighted by Crippen LogP contribution is -2.47.